The SMILES string of the molecule is Cn1ccnc1CNc1cccc(OCC#N)c1. The fourth-order valence-electron chi connectivity index (χ4n) is 1.56. The second-order valence-electron chi connectivity index (χ2n) is 3.78. The summed E-state index contributed by atoms with van der Waals surface area (Å²) in [6.45, 7) is 0.702. The van der Waals surface area contributed by atoms with Crippen LogP contribution in [0.2, 0.25) is 0 Å². The lowest BCUT2D eigenvalue weighted by Gasteiger charge is -2.08. The standard InChI is InChI=1S/C13H14N4O/c1-17-7-6-15-13(17)10-16-11-3-2-4-12(9-11)18-8-5-14/h2-4,6-7,9,16H,8,10H2,1H3. The molecule has 2 aromatic rings. The third-order valence-electron chi connectivity index (χ3n) is 2.51. The topological polar surface area (TPSA) is 62.9 Å². The highest BCUT2D eigenvalue weighted by atomic mass is 16.5. The number of rotatable bonds is 5. The van der Waals surface area contributed by atoms with E-state index in [9.17, 15) is 0 Å². The van der Waals surface area contributed by atoms with E-state index in [4.69, 9.17) is 10.00 Å². The first-order valence-corrected chi connectivity index (χ1v) is 5.59. The van der Waals surface area contributed by atoms with Crippen molar-refractivity contribution in [1.82, 2.24) is 9.55 Å². The molecule has 0 bridgehead atoms. The minimum Gasteiger partial charge on any atom is -0.479 e. The van der Waals surface area contributed by atoms with E-state index in [2.05, 4.69) is 10.3 Å². The average molecular weight is 242 g/mol. The van der Waals surface area contributed by atoms with Crippen molar-refractivity contribution < 1.29 is 4.74 Å². The molecule has 0 atom stereocenters. The molecule has 1 aromatic heterocycles. The van der Waals surface area contributed by atoms with Crippen molar-refractivity contribution in [1.29, 1.82) is 5.26 Å². The van der Waals surface area contributed by atoms with E-state index in [0.29, 0.717) is 12.3 Å². The Morgan fingerprint density at radius 2 is 2.39 bits per heavy atom. The van der Waals surface area contributed by atoms with E-state index in [1.807, 2.05) is 48.1 Å². The van der Waals surface area contributed by atoms with E-state index in [-0.39, 0.29) is 6.61 Å². The van der Waals surface area contributed by atoms with Gasteiger partial charge in [0, 0.05) is 31.2 Å². The maximum Gasteiger partial charge on any atom is 0.174 e. The number of nitrogens with zero attached hydrogens (tertiary/aromatic N) is 3. The number of hydrogen-bond acceptors (Lipinski definition) is 4. The number of hydrogen-bond donors (Lipinski definition) is 1. The number of nitrogens with one attached hydrogen (secondary N) is 1. The van der Waals surface area contributed by atoms with E-state index in [1.165, 1.54) is 0 Å². The third kappa shape index (κ3) is 3.01. The first kappa shape index (κ1) is 12.0. The van der Waals surface area contributed by atoms with Gasteiger partial charge in [0.25, 0.3) is 0 Å². The van der Waals surface area contributed by atoms with Crippen molar-refractivity contribution in [3.63, 3.8) is 0 Å². The summed E-state index contributed by atoms with van der Waals surface area (Å²) in [5.74, 6) is 1.64. The molecular weight excluding hydrogens is 228 g/mol. The second kappa shape index (κ2) is 5.73. The molecule has 0 saturated carbocycles. The molecule has 1 heterocycles. The Morgan fingerprint density at radius 3 is 3.11 bits per heavy atom. The summed E-state index contributed by atoms with van der Waals surface area (Å²) < 4.78 is 7.20. The van der Waals surface area contributed by atoms with E-state index >= 15 is 0 Å². The Bertz CT molecular complexity index is 556. The number of ether oxygens (including phenoxy) is 1. The molecule has 5 nitrogen and oxygen atoms in total. The molecule has 0 aliphatic carbocycles. The molecule has 92 valence electrons. The Hall–Kier alpha value is -2.48. The average Bonchev–Trinajstić information content (AvgIpc) is 2.80. The lowest BCUT2D eigenvalue weighted by atomic mass is 10.3. The molecule has 0 aliphatic rings. The lowest BCUT2D eigenvalue weighted by Crippen LogP contribution is -2.05. The first-order chi connectivity index (χ1) is 8.79. The Balaban J connectivity index is 1.97. The van der Waals surface area contributed by atoms with Crippen LogP contribution in [-0.4, -0.2) is 16.2 Å². The van der Waals surface area contributed by atoms with Crippen LogP contribution < -0.4 is 10.1 Å². The van der Waals surface area contributed by atoms with Crippen LogP contribution in [0.25, 0.3) is 0 Å². The van der Waals surface area contributed by atoms with Gasteiger partial charge in [-0.1, -0.05) is 6.07 Å². The van der Waals surface area contributed by atoms with Gasteiger partial charge in [-0.25, -0.2) is 4.98 Å². The zero-order chi connectivity index (χ0) is 12.8. The lowest BCUT2D eigenvalue weighted by molar-refractivity contribution is 0.368. The van der Waals surface area contributed by atoms with E-state index in [0.717, 1.165) is 11.5 Å². The maximum atomic E-state index is 8.45. The van der Waals surface area contributed by atoms with Gasteiger partial charge in [-0.2, -0.15) is 5.26 Å². The first-order valence-electron chi connectivity index (χ1n) is 5.59. The smallest absolute Gasteiger partial charge is 0.174 e. The Kier molecular flexibility index (Phi) is 3.82. The summed E-state index contributed by atoms with van der Waals surface area (Å²) in [6.07, 6.45) is 3.67. The fourth-order valence-corrected chi connectivity index (χ4v) is 1.56. The van der Waals surface area contributed by atoms with Crippen LogP contribution in [0.1, 0.15) is 5.82 Å². The van der Waals surface area contributed by atoms with Gasteiger partial charge in [0.2, 0.25) is 0 Å². The number of aryl methyl sites for hydroxylation is 1. The fraction of sp³-hybridized carbons (Fsp3) is 0.231. The Morgan fingerprint density at radius 1 is 1.50 bits per heavy atom. The minimum absolute atomic E-state index is 0.0584. The van der Waals surface area contributed by atoms with Crippen LogP contribution in [0.15, 0.2) is 36.7 Å². The molecule has 0 saturated heterocycles. The van der Waals surface area contributed by atoms with Crippen LogP contribution >= 0.6 is 0 Å². The van der Waals surface area contributed by atoms with Crippen LogP contribution in [0.4, 0.5) is 5.69 Å². The maximum absolute atomic E-state index is 8.45. The number of aromatic nitrogens is 2. The molecule has 2 rings (SSSR count). The highest BCUT2D eigenvalue weighted by Crippen LogP contribution is 2.17. The summed E-state index contributed by atoms with van der Waals surface area (Å²) in [6, 6.07) is 9.45. The molecule has 0 spiro atoms. The van der Waals surface area contributed by atoms with Gasteiger partial charge in [0.05, 0.1) is 6.54 Å². The van der Waals surface area contributed by atoms with Gasteiger partial charge in [-0.15, -0.1) is 0 Å². The molecule has 0 aliphatic heterocycles. The number of anilines is 1. The van der Waals surface area contributed by atoms with Gasteiger partial charge >= 0.3 is 0 Å². The highest BCUT2D eigenvalue weighted by Gasteiger charge is 2.00. The van der Waals surface area contributed by atoms with Crippen molar-refractivity contribution in [2.75, 3.05) is 11.9 Å². The van der Waals surface area contributed by atoms with Gasteiger partial charge < -0.3 is 14.6 Å². The predicted octanol–water partition coefficient (Wildman–Crippen LogP) is 1.93. The molecule has 5 heteroatoms. The summed E-state index contributed by atoms with van der Waals surface area (Å²) in [7, 11) is 1.95. The van der Waals surface area contributed by atoms with Crippen molar-refractivity contribution in [2.24, 2.45) is 7.05 Å². The molecule has 0 amide bonds. The number of benzene rings is 1. The third-order valence-corrected chi connectivity index (χ3v) is 2.51. The monoisotopic (exact) mass is 242 g/mol. The summed E-state index contributed by atoms with van der Waals surface area (Å²) in [5, 5.41) is 11.7. The van der Waals surface area contributed by atoms with E-state index < -0.39 is 0 Å². The summed E-state index contributed by atoms with van der Waals surface area (Å²) in [5.41, 5.74) is 0.938. The molecule has 0 radical (unpaired) electrons. The van der Waals surface area contributed by atoms with Crippen molar-refractivity contribution in [3.05, 3.63) is 42.5 Å². The Labute approximate surface area is 106 Å². The highest BCUT2D eigenvalue weighted by molar-refractivity contribution is 5.48. The molecule has 1 N–H and O–H groups in total. The van der Waals surface area contributed by atoms with Gasteiger partial charge in [-0.05, 0) is 12.1 Å². The number of imidazole rings is 1. The molecule has 18 heavy (non-hydrogen) atoms. The van der Waals surface area contributed by atoms with Gasteiger partial charge in [0.1, 0.15) is 17.6 Å². The van der Waals surface area contributed by atoms with Crippen LogP contribution in [0.5, 0.6) is 5.75 Å². The normalized spacial score (nSPS) is 9.78. The quantitative estimate of drug-likeness (QED) is 0.870. The minimum atomic E-state index is 0.0584. The van der Waals surface area contributed by atoms with Crippen molar-refractivity contribution in [3.8, 4) is 11.8 Å². The summed E-state index contributed by atoms with van der Waals surface area (Å²) >= 11 is 0. The van der Waals surface area contributed by atoms with Crippen LogP contribution in [-0.2, 0) is 13.6 Å². The molecular formula is C13H14N4O. The van der Waals surface area contributed by atoms with Crippen LogP contribution in [0, 0.1) is 11.3 Å². The summed E-state index contributed by atoms with van der Waals surface area (Å²) in [4.78, 5) is 4.23. The zero-order valence-corrected chi connectivity index (χ0v) is 10.1. The van der Waals surface area contributed by atoms with E-state index in [1.54, 1.807) is 6.20 Å². The second-order valence-corrected chi connectivity index (χ2v) is 3.78. The largest absolute Gasteiger partial charge is 0.479 e. The van der Waals surface area contributed by atoms with Gasteiger partial charge in [0.15, 0.2) is 6.61 Å². The van der Waals surface area contributed by atoms with Crippen molar-refractivity contribution in [2.45, 2.75) is 6.54 Å². The van der Waals surface area contributed by atoms with Gasteiger partial charge in [-0.3, -0.25) is 0 Å². The number of nitriles is 1. The van der Waals surface area contributed by atoms with Crippen LogP contribution in [0.3, 0.4) is 0 Å². The molecule has 0 unspecified atom stereocenters. The van der Waals surface area contributed by atoms with Crippen molar-refractivity contribution >= 4 is 5.69 Å². The predicted molar refractivity (Wildman–Crippen MR) is 68.1 cm³/mol. The zero-order valence-electron chi connectivity index (χ0n) is 10.1. The molecule has 0 fully saturated rings. The molecule has 1 aromatic carbocycles.